The number of carbonyl (C=O) groups is 2. The minimum absolute atomic E-state index is 0.00540. The van der Waals surface area contributed by atoms with Crippen LogP contribution in [0.2, 0.25) is 0 Å². The van der Waals surface area contributed by atoms with Crippen molar-refractivity contribution in [1.29, 1.82) is 0 Å². The number of rotatable bonds is 7. The van der Waals surface area contributed by atoms with Gasteiger partial charge >= 0.3 is 12.0 Å². The highest BCUT2D eigenvalue weighted by molar-refractivity contribution is 5.74. The number of carbonyl (C=O) groups excluding carboxylic acids is 1. The number of hydrogen-bond acceptors (Lipinski definition) is 2. The van der Waals surface area contributed by atoms with E-state index < -0.39 is 5.97 Å². The van der Waals surface area contributed by atoms with Gasteiger partial charge in [0.25, 0.3) is 0 Å². The minimum atomic E-state index is -0.753. The zero-order valence-electron chi connectivity index (χ0n) is 13.6. The quantitative estimate of drug-likeness (QED) is 0.759. The second kappa shape index (κ2) is 8.90. The van der Waals surface area contributed by atoms with E-state index in [4.69, 9.17) is 5.11 Å². The number of carboxylic acid groups (broad SMARTS) is 1. The molecule has 5 heteroatoms. The predicted octanol–water partition coefficient (Wildman–Crippen LogP) is 3.10. The van der Waals surface area contributed by atoms with Gasteiger partial charge in [-0.05, 0) is 38.0 Å². The van der Waals surface area contributed by atoms with Gasteiger partial charge in [0.05, 0.1) is 0 Å². The Bertz CT molecular complexity index is 346. The van der Waals surface area contributed by atoms with Crippen LogP contribution in [0.15, 0.2) is 0 Å². The van der Waals surface area contributed by atoms with E-state index in [1.807, 2.05) is 18.7 Å². The van der Waals surface area contributed by atoms with E-state index in [-0.39, 0.29) is 24.4 Å². The molecule has 2 N–H and O–H groups in total. The van der Waals surface area contributed by atoms with E-state index in [2.05, 4.69) is 12.2 Å². The van der Waals surface area contributed by atoms with Crippen LogP contribution in [-0.4, -0.2) is 41.1 Å². The average molecular weight is 298 g/mol. The molecule has 0 saturated carbocycles. The number of carboxylic acids is 1. The summed E-state index contributed by atoms with van der Waals surface area (Å²) in [5.74, 6) is -0.334. The standard InChI is InChI=1S/C16H30N2O3/c1-4-5-7-13(3)17-16(21)18-9-6-8-14(11-18)12(2)10-15(19)20/h12-14H,4-11H2,1-3H3,(H,17,21)(H,19,20). The lowest BCUT2D eigenvalue weighted by atomic mass is 9.85. The molecule has 1 rings (SSSR count). The first-order chi connectivity index (χ1) is 9.93. The normalized spacial score (nSPS) is 21.7. The van der Waals surface area contributed by atoms with Crippen molar-refractivity contribution in [2.75, 3.05) is 13.1 Å². The summed E-state index contributed by atoms with van der Waals surface area (Å²) in [5.41, 5.74) is 0. The summed E-state index contributed by atoms with van der Waals surface area (Å²) in [6, 6.07) is 0.208. The van der Waals surface area contributed by atoms with Crippen LogP contribution in [0.4, 0.5) is 4.79 Å². The third kappa shape index (κ3) is 6.36. The van der Waals surface area contributed by atoms with Crippen molar-refractivity contribution >= 4 is 12.0 Å². The Balaban J connectivity index is 2.44. The van der Waals surface area contributed by atoms with Gasteiger partial charge in [-0.3, -0.25) is 4.79 Å². The van der Waals surface area contributed by atoms with E-state index in [0.717, 1.165) is 38.6 Å². The zero-order valence-corrected chi connectivity index (χ0v) is 13.6. The van der Waals surface area contributed by atoms with E-state index in [1.54, 1.807) is 0 Å². The van der Waals surface area contributed by atoms with Gasteiger partial charge in [-0.2, -0.15) is 0 Å². The van der Waals surface area contributed by atoms with Crippen LogP contribution in [-0.2, 0) is 4.79 Å². The van der Waals surface area contributed by atoms with Gasteiger partial charge in [0, 0.05) is 25.6 Å². The molecule has 1 aliphatic rings. The molecule has 1 saturated heterocycles. The van der Waals surface area contributed by atoms with Crippen molar-refractivity contribution < 1.29 is 14.7 Å². The molecule has 3 unspecified atom stereocenters. The lowest BCUT2D eigenvalue weighted by Crippen LogP contribution is -2.49. The molecule has 3 atom stereocenters. The van der Waals surface area contributed by atoms with Gasteiger partial charge in [0.2, 0.25) is 0 Å². The smallest absolute Gasteiger partial charge is 0.317 e. The zero-order chi connectivity index (χ0) is 15.8. The highest BCUT2D eigenvalue weighted by Crippen LogP contribution is 2.26. The number of nitrogens with zero attached hydrogens (tertiary/aromatic N) is 1. The largest absolute Gasteiger partial charge is 0.481 e. The van der Waals surface area contributed by atoms with Crippen LogP contribution in [0, 0.1) is 11.8 Å². The third-order valence-corrected chi connectivity index (χ3v) is 4.41. The molecular formula is C16H30N2O3. The molecule has 0 aromatic carbocycles. The van der Waals surface area contributed by atoms with Crippen LogP contribution in [0.1, 0.15) is 59.3 Å². The molecule has 0 radical (unpaired) electrons. The fraction of sp³-hybridized carbons (Fsp3) is 0.875. The van der Waals surface area contributed by atoms with Crippen LogP contribution in [0.5, 0.6) is 0 Å². The van der Waals surface area contributed by atoms with Crippen molar-refractivity contribution in [2.24, 2.45) is 11.8 Å². The monoisotopic (exact) mass is 298 g/mol. The van der Waals surface area contributed by atoms with Gasteiger partial charge in [-0.15, -0.1) is 0 Å². The SMILES string of the molecule is CCCCC(C)NC(=O)N1CCCC(C(C)CC(=O)O)C1. The number of likely N-dealkylation sites (tertiary alicyclic amines) is 1. The van der Waals surface area contributed by atoms with Crippen molar-refractivity contribution in [3.05, 3.63) is 0 Å². The second-order valence-electron chi connectivity index (χ2n) is 6.42. The van der Waals surface area contributed by atoms with Crippen LogP contribution >= 0.6 is 0 Å². The van der Waals surface area contributed by atoms with Gasteiger partial charge in [-0.25, -0.2) is 4.79 Å². The number of amides is 2. The van der Waals surface area contributed by atoms with Crippen molar-refractivity contribution in [1.82, 2.24) is 10.2 Å². The third-order valence-electron chi connectivity index (χ3n) is 4.41. The van der Waals surface area contributed by atoms with Gasteiger partial charge in [-0.1, -0.05) is 26.7 Å². The number of piperidine rings is 1. The summed E-state index contributed by atoms with van der Waals surface area (Å²) >= 11 is 0. The molecule has 0 bridgehead atoms. The van der Waals surface area contributed by atoms with Crippen LogP contribution < -0.4 is 5.32 Å². The molecule has 2 amide bonds. The number of urea groups is 1. The Labute approximate surface area is 128 Å². The molecule has 1 aliphatic heterocycles. The maximum absolute atomic E-state index is 12.3. The van der Waals surface area contributed by atoms with Crippen LogP contribution in [0.3, 0.4) is 0 Å². The molecule has 0 aromatic rings. The number of hydrogen-bond donors (Lipinski definition) is 2. The fourth-order valence-electron chi connectivity index (χ4n) is 2.99. The number of aliphatic carboxylic acids is 1. The van der Waals surface area contributed by atoms with Crippen molar-refractivity contribution in [2.45, 2.75) is 65.3 Å². The molecule has 5 nitrogen and oxygen atoms in total. The molecular weight excluding hydrogens is 268 g/mol. The molecule has 0 spiro atoms. The van der Waals surface area contributed by atoms with Gasteiger partial charge in [0.1, 0.15) is 0 Å². The van der Waals surface area contributed by atoms with Crippen molar-refractivity contribution in [3.63, 3.8) is 0 Å². The molecule has 122 valence electrons. The summed E-state index contributed by atoms with van der Waals surface area (Å²) < 4.78 is 0. The first kappa shape index (κ1) is 17.8. The fourth-order valence-corrected chi connectivity index (χ4v) is 2.99. The number of nitrogens with one attached hydrogen (secondary N) is 1. The Hall–Kier alpha value is -1.26. The lowest BCUT2D eigenvalue weighted by Gasteiger charge is -2.36. The maximum atomic E-state index is 12.3. The van der Waals surface area contributed by atoms with Crippen molar-refractivity contribution in [3.8, 4) is 0 Å². The Morgan fingerprint density at radius 3 is 2.71 bits per heavy atom. The Morgan fingerprint density at radius 1 is 1.38 bits per heavy atom. The molecule has 21 heavy (non-hydrogen) atoms. The second-order valence-corrected chi connectivity index (χ2v) is 6.42. The lowest BCUT2D eigenvalue weighted by molar-refractivity contribution is -0.138. The minimum Gasteiger partial charge on any atom is -0.481 e. The first-order valence-corrected chi connectivity index (χ1v) is 8.21. The predicted molar refractivity (Wildman–Crippen MR) is 83.2 cm³/mol. The highest BCUT2D eigenvalue weighted by atomic mass is 16.4. The topological polar surface area (TPSA) is 69.6 Å². The summed E-state index contributed by atoms with van der Waals surface area (Å²) in [6.07, 6.45) is 5.44. The van der Waals surface area contributed by atoms with E-state index >= 15 is 0 Å². The van der Waals surface area contributed by atoms with Gasteiger partial charge in [0.15, 0.2) is 0 Å². The molecule has 1 fully saturated rings. The van der Waals surface area contributed by atoms with Crippen LogP contribution in [0.25, 0.3) is 0 Å². The molecule has 0 aromatic heterocycles. The first-order valence-electron chi connectivity index (χ1n) is 8.21. The number of unbranched alkanes of at least 4 members (excludes halogenated alkanes) is 1. The van der Waals surface area contributed by atoms with Gasteiger partial charge < -0.3 is 15.3 Å². The summed E-state index contributed by atoms with van der Waals surface area (Å²) in [6.45, 7) is 7.63. The maximum Gasteiger partial charge on any atom is 0.317 e. The Kier molecular flexibility index (Phi) is 7.54. The summed E-state index contributed by atoms with van der Waals surface area (Å²) in [5, 5.41) is 12.0. The Morgan fingerprint density at radius 2 is 2.10 bits per heavy atom. The molecule has 0 aliphatic carbocycles. The molecule has 1 heterocycles. The van der Waals surface area contributed by atoms with E-state index in [9.17, 15) is 9.59 Å². The summed E-state index contributed by atoms with van der Waals surface area (Å²) in [7, 11) is 0. The average Bonchev–Trinajstić information content (AvgIpc) is 2.44. The summed E-state index contributed by atoms with van der Waals surface area (Å²) in [4.78, 5) is 24.9. The van der Waals surface area contributed by atoms with E-state index in [0.29, 0.717) is 12.5 Å². The van der Waals surface area contributed by atoms with E-state index in [1.165, 1.54) is 0 Å². The highest BCUT2D eigenvalue weighted by Gasteiger charge is 2.28.